The molecule has 0 bridgehead atoms. The Morgan fingerprint density at radius 2 is 1.96 bits per heavy atom. The number of aromatic nitrogens is 3. The van der Waals surface area contributed by atoms with Gasteiger partial charge in [0, 0.05) is 17.7 Å². The summed E-state index contributed by atoms with van der Waals surface area (Å²) in [4.78, 5) is 17.2. The number of amides is 1. The maximum atomic E-state index is 12.8. The summed E-state index contributed by atoms with van der Waals surface area (Å²) in [6.45, 7) is 0.575. The Bertz CT molecular complexity index is 991. The summed E-state index contributed by atoms with van der Waals surface area (Å²) < 4.78 is 7.91. The summed E-state index contributed by atoms with van der Waals surface area (Å²) in [7, 11) is 0. The van der Waals surface area contributed by atoms with Crippen LogP contribution in [0, 0.1) is 5.92 Å². The van der Waals surface area contributed by atoms with Gasteiger partial charge in [-0.25, -0.2) is 4.68 Å². The molecule has 1 saturated carbocycles. The maximum absolute atomic E-state index is 12.8. The van der Waals surface area contributed by atoms with Crippen LogP contribution in [0.15, 0.2) is 61.1 Å². The molecule has 142 valence electrons. The van der Waals surface area contributed by atoms with Crippen molar-refractivity contribution in [3.05, 3.63) is 72.3 Å². The minimum absolute atomic E-state index is 0.00461. The first-order valence-electron chi connectivity index (χ1n) is 9.73. The van der Waals surface area contributed by atoms with Gasteiger partial charge in [-0.15, -0.1) is 0 Å². The Hall–Kier alpha value is -2.99. The Morgan fingerprint density at radius 1 is 1.14 bits per heavy atom. The van der Waals surface area contributed by atoms with Crippen molar-refractivity contribution in [3.63, 3.8) is 0 Å². The van der Waals surface area contributed by atoms with E-state index in [4.69, 9.17) is 4.74 Å². The number of nitrogens with zero attached hydrogens (tertiary/aromatic N) is 3. The highest BCUT2D eigenvalue weighted by atomic mass is 16.5. The Labute approximate surface area is 163 Å². The van der Waals surface area contributed by atoms with Crippen LogP contribution in [0.3, 0.4) is 0 Å². The highest BCUT2D eigenvalue weighted by molar-refractivity contribution is 5.92. The third-order valence-corrected chi connectivity index (χ3v) is 5.90. The minimum Gasteiger partial charge on any atom is -0.364 e. The monoisotopic (exact) mass is 374 g/mol. The molecule has 6 heteroatoms. The maximum Gasteiger partial charge on any atom is 0.227 e. The van der Waals surface area contributed by atoms with Crippen molar-refractivity contribution in [2.45, 2.75) is 37.9 Å². The summed E-state index contributed by atoms with van der Waals surface area (Å²) in [5, 5.41) is 7.37. The molecule has 0 saturated heterocycles. The normalized spacial score (nSPS) is 23.5. The Kier molecular flexibility index (Phi) is 4.20. The van der Waals surface area contributed by atoms with Crippen LogP contribution in [0.1, 0.15) is 36.9 Å². The zero-order valence-corrected chi connectivity index (χ0v) is 15.5. The zero-order valence-electron chi connectivity index (χ0n) is 15.5. The molecule has 1 amide bonds. The lowest BCUT2D eigenvalue weighted by Gasteiger charge is -2.36. The fraction of sp³-hybridized carbons (Fsp3) is 0.318. The van der Waals surface area contributed by atoms with Crippen LogP contribution in [-0.4, -0.2) is 20.7 Å². The number of anilines is 1. The van der Waals surface area contributed by atoms with Crippen molar-refractivity contribution in [2.24, 2.45) is 5.92 Å². The van der Waals surface area contributed by atoms with Crippen LogP contribution in [0.25, 0.3) is 5.69 Å². The lowest BCUT2D eigenvalue weighted by atomic mass is 9.75. The molecule has 28 heavy (non-hydrogen) atoms. The molecule has 1 fully saturated rings. The third-order valence-electron chi connectivity index (χ3n) is 5.90. The molecule has 1 aliphatic heterocycles. The number of fused-ring (bicyclic) bond motifs is 2. The van der Waals surface area contributed by atoms with Crippen LogP contribution in [0.4, 0.5) is 5.69 Å². The zero-order chi connectivity index (χ0) is 19.0. The SMILES string of the molecule is O=C(Nc1cnn(-c2ccccc2)c1)C1CCC2(CC1)OCc1ncccc12. The van der Waals surface area contributed by atoms with Crippen LogP contribution in [0.5, 0.6) is 0 Å². The first kappa shape index (κ1) is 17.1. The molecule has 0 radical (unpaired) electrons. The van der Waals surface area contributed by atoms with E-state index in [2.05, 4.69) is 21.5 Å². The largest absolute Gasteiger partial charge is 0.364 e. The summed E-state index contributed by atoms with van der Waals surface area (Å²) in [6, 6.07) is 13.9. The first-order chi connectivity index (χ1) is 13.7. The van der Waals surface area contributed by atoms with Crippen molar-refractivity contribution in [2.75, 3.05) is 5.32 Å². The molecule has 2 aliphatic rings. The van der Waals surface area contributed by atoms with Gasteiger partial charge in [0.1, 0.15) is 0 Å². The summed E-state index contributed by atoms with van der Waals surface area (Å²) >= 11 is 0. The smallest absolute Gasteiger partial charge is 0.227 e. The molecule has 0 atom stereocenters. The highest BCUT2D eigenvalue weighted by Crippen LogP contribution is 2.47. The van der Waals surface area contributed by atoms with E-state index in [1.54, 1.807) is 10.9 Å². The summed E-state index contributed by atoms with van der Waals surface area (Å²) in [5.74, 6) is 0.0573. The molecule has 0 unspecified atom stereocenters. The van der Waals surface area contributed by atoms with E-state index >= 15 is 0 Å². The van der Waals surface area contributed by atoms with Crippen molar-refractivity contribution >= 4 is 11.6 Å². The van der Waals surface area contributed by atoms with Gasteiger partial charge < -0.3 is 10.1 Å². The highest BCUT2D eigenvalue weighted by Gasteiger charge is 2.44. The number of para-hydroxylation sites is 1. The Morgan fingerprint density at radius 3 is 2.79 bits per heavy atom. The van der Waals surface area contributed by atoms with E-state index in [9.17, 15) is 4.79 Å². The van der Waals surface area contributed by atoms with Crippen molar-refractivity contribution < 1.29 is 9.53 Å². The van der Waals surface area contributed by atoms with Crippen LogP contribution >= 0.6 is 0 Å². The second-order valence-corrected chi connectivity index (χ2v) is 7.55. The van der Waals surface area contributed by atoms with Crippen molar-refractivity contribution in [1.82, 2.24) is 14.8 Å². The molecular formula is C22H22N4O2. The molecule has 3 aromatic rings. The number of hydrogen-bond acceptors (Lipinski definition) is 4. The summed E-state index contributed by atoms with van der Waals surface area (Å²) in [6.07, 6.45) is 8.69. The van der Waals surface area contributed by atoms with Gasteiger partial charge in [0.05, 0.1) is 41.7 Å². The quantitative estimate of drug-likeness (QED) is 0.757. The lowest BCUT2D eigenvalue weighted by Crippen LogP contribution is -2.35. The number of pyridine rings is 1. The van der Waals surface area contributed by atoms with Gasteiger partial charge in [-0.05, 0) is 43.9 Å². The standard InChI is InChI=1S/C22H22N4O2/c27-21(25-17-13-24-26(14-17)18-5-2-1-3-6-18)16-8-10-22(11-9-16)19-7-4-12-23-20(19)15-28-22/h1-7,12-14,16H,8-11,15H2,(H,25,27). The van der Waals surface area contributed by atoms with E-state index in [0.717, 1.165) is 42.8 Å². The topological polar surface area (TPSA) is 69.0 Å². The molecule has 1 aliphatic carbocycles. The number of carbonyl (C=O) groups excluding carboxylic acids is 1. The third kappa shape index (κ3) is 2.99. The van der Waals surface area contributed by atoms with Gasteiger partial charge >= 0.3 is 0 Å². The van der Waals surface area contributed by atoms with Gasteiger partial charge in [-0.1, -0.05) is 24.3 Å². The molecule has 1 aromatic carbocycles. The van der Waals surface area contributed by atoms with E-state index in [-0.39, 0.29) is 17.4 Å². The predicted octanol–water partition coefficient (Wildman–Crippen LogP) is 3.82. The average molecular weight is 374 g/mol. The van der Waals surface area contributed by atoms with Crippen molar-refractivity contribution in [3.8, 4) is 5.69 Å². The summed E-state index contributed by atoms with van der Waals surface area (Å²) in [5.41, 5.74) is 3.68. The van der Waals surface area contributed by atoms with Crippen LogP contribution < -0.4 is 5.32 Å². The second kappa shape index (κ2) is 6.87. The molecule has 6 nitrogen and oxygen atoms in total. The van der Waals surface area contributed by atoms with Crippen molar-refractivity contribution in [1.29, 1.82) is 0 Å². The van der Waals surface area contributed by atoms with Gasteiger partial charge in [0.2, 0.25) is 5.91 Å². The number of rotatable bonds is 3. The van der Waals surface area contributed by atoms with E-state index in [0.29, 0.717) is 6.61 Å². The first-order valence-corrected chi connectivity index (χ1v) is 9.73. The fourth-order valence-corrected chi connectivity index (χ4v) is 4.37. The molecule has 1 N–H and O–H groups in total. The van der Waals surface area contributed by atoms with Crippen LogP contribution in [-0.2, 0) is 21.7 Å². The van der Waals surface area contributed by atoms with Gasteiger partial charge in [0.15, 0.2) is 0 Å². The van der Waals surface area contributed by atoms with Gasteiger partial charge in [0.25, 0.3) is 0 Å². The van der Waals surface area contributed by atoms with E-state index in [1.165, 1.54) is 5.56 Å². The molecule has 2 aromatic heterocycles. The number of benzene rings is 1. The molecule has 5 rings (SSSR count). The minimum atomic E-state index is -0.251. The Balaban J connectivity index is 1.23. The number of carbonyl (C=O) groups is 1. The van der Waals surface area contributed by atoms with E-state index in [1.807, 2.05) is 48.8 Å². The molecular weight excluding hydrogens is 352 g/mol. The molecule has 3 heterocycles. The average Bonchev–Trinajstić information content (AvgIpc) is 3.35. The van der Waals surface area contributed by atoms with Gasteiger partial charge in [-0.2, -0.15) is 5.10 Å². The van der Waals surface area contributed by atoms with Crippen LogP contribution in [0.2, 0.25) is 0 Å². The molecule has 1 spiro atoms. The number of hydrogen-bond donors (Lipinski definition) is 1. The lowest BCUT2D eigenvalue weighted by molar-refractivity contribution is -0.125. The fourth-order valence-electron chi connectivity index (χ4n) is 4.37. The number of nitrogens with one attached hydrogen (secondary N) is 1. The van der Waals surface area contributed by atoms with Gasteiger partial charge in [-0.3, -0.25) is 9.78 Å². The number of ether oxygens (including phenoxy) is 1. The second-order valence-electron chi connectivity index (χ2n) is 7.55. The van der Waals surface area contributed by atoms with E-state index < -0.39 is 0 Å². The predicted molar refractivity (Wildman–Crippen MR) is 105 cm³/mol.